The van der Waals surface area contributed by atoms with Crippen molar-refractivity contribution in [3.8, 4) is 11.9 Å². The van der Waals surface area contributed by atoms with E-state index in [0.717, 1.165) is 19.6 Å². The van der Waals surface area contributed by atoms with Crippen molar-refractivity contribution < 1.29 is 14.6 Å². The van der Waals surface area contributed by atoms with Crippen LogP contribution in [0.2, 0.25) is 0 Å². The van der Waals surface area contributed by atoms with Crippen LogP contribution < -0.4 is 9.47 Å². The Morgan fingerprint density at radius 3 is 2.48 bits per heavy atom. The zero-order valence-corrected chi connectivity index (χ0v) is 17.4. The summed E-state index contributed by atoms with van der Waals surface area (Å²) in [6, 6.07) is 2.56. The molecule has 27 heavy (non-hydrogen) atoms. The van der Waals surface area contributed by atoms with Crippen LogP contribution in [0.1, 0.15) is 47.6 Å². The lowest BCUT2D eigenvalue weighted by atomic mass is 9.85. The first-order chi connectivity index (χ1) is 12.9. The molecule has 0 spiro atoms. The van der Waals surface area contributed by atoms with E-state index < -0.39 is 5.60 Å². The Hall–Kier alpha value is -1.70. The second-order valence-corrected chi connectivity index (χ2v) is 8.44. The Bertz CT molecular complexity index is 770. The normalized spacial score (nSPS) is 17.1. The third kappa shape index (κ3) is 4.59. The summed E-state index contributed by atoms with van der Waals surface area (Å²) in [6.45, 7) is 11.7. The van der Waals surface area contributed by atoms with Crippen molar-refractivity contribution >= 4 is 11.3 Å². The maximum atomic E-state index is 11.3. The Labute approximate surface area is 165 Å². The van der Waals surface area contributed by atoms with Crippen LogP contribution in [-0.4, -0.2) is 46.3 Å². The molecule has 1 aliphatic heterocycles. The molecule has 0 unspecified atom stereocenters. The summed E-state index contributed by atoms with van der Waals surface area (Å²) >= 11 is 1.85. The second-order valence-electron chi connectivity index (χ2n) is 6.98. The maximum absolute atomic E-state index is 11.3. The molecule has 0 radical (unpaired) electrons. The summed E-state index contributed by atoms with van der Waals surface area (Å²) in [5.41, 5.74) is 1.09. The summed E-state index contributed by atoms with van der Waals surface area (Å²) in [5, 5.41) is 11.3. The summed E-state index contributed by atoms with van der Waals surface area (Å²) in [7, 11) is 0. The van der Waals surface area contributed by atoms with Crippen molar-refractivity contribution in [1.82, 2.24) is 14.9 Å². The van der Waals surface area contributed by atoms with E-state index in [-0.39, 0.29) is 6.01 Å². The van der Waals surface area contributed by atoms with Gasteiger partial charge in [-0.25, -0.2) is 4.98 Å². The molecule has 3 heterocycles. The van der Waals surface area contributed by atoms with E-state index in [0.29, 0.717) is 37.5 Å². The van der Waals surface area contributed by atoms with Crippen molar-refractivity contribution in [2.45, 2.75) is 52.7 Å². The molecule has 148 valence electrons. The highest BCUT2D eigenvalue weighted by Gasteiger charge is 2.37. The predicted octanol–water partition coefficient (Wildman–Crippen LogP) is 3.44. The van der Waals surface area contributed by atoms with E-state index in [1.807, 2.05) is 25.2 Å². The smallest absolute Gasteiger partial charge is 0.319 e. The lowest BCUT2D eigenvalue weighted by molar-refractivity contribution is -0.0303. The van der Waals surface area contributed by atoms with Gasteiger partial charge in [-0.05, 0) is 52.2 Å². The first kappa shape index (κ1) is 20.0. The molecular formula is C20H29N3O3S. The largest absolute Gasteiger partial charge is 0.478 e. The van der Waals surface area contributed by atoms with Crippen LogP contribution in [0.25, 0.3) is 0 Å². The zero-order valence-electron chi connectivity index (χ0n) is 16.6. The molecule has 0 aromatic carbocycles. The first-order valence-electron chi connectivity index (χ1n) is 9.59. The molecule has 1 saturated heterocycles. The molecule has 2 aromatic rings. The quantitative estimate of drug-likeness (QED) is 0.780. The average Bonchev–Trinajstić information content (AvgIpc) is 2.95. The van der Waals surface area contributed by atoms with E-state index in [9.17, 15) is 5.11 Å². The molecule has 7 heteroatoms. The van der Waals surface area contributed by atoms with Gasteiger partial charge in [0.25, 0.3) is 0 Å². The minimum absolute atomic E-state index is 0.286. The van der Waals surface area contributed by atoms with Crippen LogP contribution in [0.5, 0.6) is 11.9 Å². The van der Waals surface area contributed by atoms with Crippen LogP contribution in [0.4, 0.5) is 0 Å². The summed E-state index contributed by atoms with van der Waals surface area (Å²) in [6.07, 6.45) is 2.92. The zero-order chi connectivity index (χ0) is 19.4. The monoisotopic (exact) mass is 391 g/mol. The van der Waals surface area contributed by atoms with Gasteiger partial charge in [0.05, 0.1) is 24.4 Å². The highest BCUT2D eigenvalue weighted by Crippen LogP contribution is 2.38. The van der Waals surface area contributed by atoms with Crippen molar-refractivity contribution in [3.05, 3.63) is 33.1 Å². The van der Waals surface area contributed by atoms with Crippen molar-refractivity contribution in [3.63, 3.8) is 0 Å². The Morgan fingerprint density at radius 1 is 1.19 bits per heavy atom. The van der Waals surface area contributed by atoms with E-state index in [1.165, 1.54) is 15.3 Å². The van der Waals surface area contributed by atoms with E-state index >= 15 is 0 Å². The van der Waals surface area contributed by atoms with E-state index in [4.69, 9.17) is 9.47 Å². The number of aliphatic hydroxyl groups is 1. The van der Waals surface area contributed by atoms with Gasteiger partial charge in [0.1, 0.15) is 0 Å². The Morgan fingerprint density at radius 2 is 1.89 bits per heavy atom. The Balaban J connectivity index is 1.72. The number of aromatic nitrogens is 2. The van der Waals surface area contributed by atoms with E-state index in [1.54, 1.807) is 6.20 Å². The van der Waals surface area contributed by atoms with E-state index in [2.05, 4.69) is 34.8 Å². The number of hydrogen-bond acceptors (Lipinski definition) is 7. The van der Waals surface area contributed by atoms with Gasteiger partial charge in [-0.15, -0.1) is 11.3 Å². The fourth-order valence-corrected chi connectivity index (χ4v) is 4.49. The van der Waals surface area contributed by atoms with Crippen LogP contribution in [0.3, 0.4) is 0 Å². The van der Waals surface area contributed by atoms with Crippen LogP contribution in [-0.2, 0) is 12.1 Å². The molecule has 0 atom stereocenters. The van der Waals surface area contributed by atoms with Gasteiger partial charge in [-0.3, -0.25) is 4.90 Å². The van der Waals surface area contributed by atoms with Gasteiger partial charge >= 0.3 is 6.01 Å². The lowest BCUT2D eigenvalue weighted by Gasteiger charge is -2.38. The lowest BCUT2D eigenvalue weighted by Crippen LogP contribution is -2.42. The molecule has 0 saturated carbocycles. The average molecular weight is 392 g/mol. The standard InChI is InChI=1S/C20H29N3O3S/c1-5-25-18-17(12-21-19(22-18)26-6-2)20(24)7-9-23(10-8-20)13-16-11-14(3)27-15(16)4/h11-12,24H,5-10,13H2,1-4H3. The number of piperidine rings is 1. The van der Waals surface area contributed by atoms with Gasteiger partial charge in [-0.2, -0.15) is 4.98 Å². The predicted molar refractivity (Wildman–Crippen MR) is 107 cm³/mol. The highest BCUT2D eigenvalue weighted by molar-refractivity contribution is 7.12. The summed E-state index contributed by atoms with van der Waals surface area (Å²) < 4.78 is 11.1. The van der Waals surface area contributed by atoms with Crippen LogP contribution in [0.15, 0.2) is 12.3 Å². The maximum Gasteiger partial charge on any atom is 0.319 e. The molecule has 1 aliphatic rings. The van der Waals surface area contributed by atoms with Gasteiger partial charge in [0.15, 0.2) is 0 Å². The number of hydrogen-bond donors (Lipinski definition) is 1. The van der Waals surface area contributed by atoms with Gasteiger partial charge in [0.2, 0.25) is 5.88 Å². The molecule has 1 N–H and O–H groups in total. The summed E-state index contributed by atoms with van der Waals surface area (Å²) in [4.78, 5) is 13.7. The topological polar surface area (TPSA) is 67.7 Å². The fraction of sp³-hybridized carbons (Fsp3) is 0.600. The molecule has 0 aliphatic carbocycles. The molecule has 0 bridgehead atoms. The third-order valence-corrected chi connectivity index (χ3v) is 6.02. The van der Waals surface area contributed by atoms with Gasteiger partial charge < -0.3 is 14.6 Å². The molecule has 1 fully saturated rings. The SMILES string of the molecule is CCOc1ncc(C2(O)CCN(Cc3cc(C)sc3C)CC2)c(OCC)n1. The molecule has 3 rings (SSSR count). The fourth-order valence-electron chi connectivity index (χ4n) is 3.55. The van der Waals surface area contributed by atoms with Gasteiger partial charge in [0, 0.05) is 35.6 Å². The Kier molecular flexibility index (Phi) is 6.34. The number of ether oxygens (including phenoxy) is 2. The minimum Gasteiger partial charge on any atom is -0.478 e. The molecule has 6 nitrogen and oxygen atoms in total. The molecule has 0 amide bonds. The molecule has 2 aromatic heterocycles. The van der Waals surface area contributed by atoms with Crippen molar-refractivity contribution in [2.24, 2.45) is 0 Å². The molecular weight excluding hydrogens is 362 g/mol. The number of nitrogens with zero attached hydrogens (tertiary/aromatic N) is 3. The van der Waals surface area contributed by atoms with Gasteiger partial charge in [-0.1, -0.05) is 0 Å². The number of thiophene rings is 1. The van der Waals surface area contributed by atoms with Crippen molar-refractivity contribution in [2.75, 3.05) is 26.3 Å². The second kappa shape index (κ2) is 8.54. The number of rotatable bonds is 7. The highest BCUT2D eigenvalue weighted by atomic mass is 32.1. The third-order valence-electron chi connectivity index (χ3n) is 5.01. The summed E-state index contributed by atoms with van der Waals surface area (Å²) in [5.74, 6) is 0.427. The van der Waals surface area contributed by atoms with Crippen LogP contribution in [0, 0.1) is 13.8 Å². The number of aryl methyl sites for hydroxylation is 2. The number of likely N-dealkylation sites (tertiary alicyclic amines) is 1. The van der Waals surface area contributed by atoms with Crippen LogP contribution >= 0.6 is 11.3 Å². The minimum atomic E-state index is -0.967. The first-order valence-corrected chi connectivity index (χ1v) is 10.4. The van der Waals surface area contributed by atoms with Crippen molar-refractivity contribution in [1.29, 1.82) is 0 Å².